The van der Waals surface area contributed by atoms with E-state index in [0.717, 1.165) is 11.1 Å². The Morgan fingerprint density at radius 1 is 1.11 bits per heavy atom. The molecule has 1 aromatic heterocycles. The molecule has 2 rings (SSSR count). The van der Waals surface area contributed by atoms with Gasteiger partial charge >= 0.3 is 6.18 Å². The number of alkyl halides is 3. The highest BCUT2D eigenvalue weighted by atomic mass is 19.4. The molecule has 96 valence electrons. The van der Waals surface area contributed by atoms with Crippen molar-refractivity contribution < 1.29 is 13.2 Å². The zero-order valence-corrected chi connectivity index (χ0v) is 10.3. The smallest absolute Gasteiger partial charge is 0.398 e. The van der Waals surface area contributed by atoms with Crippen molar-refractivity contribution in [2.45, 2.75) is 26.9 Å². The number of hydrogen-bond acceptors (Lipinski definition) is 2. The van der Waals surface area contributed by atoms with Crippen LogP contribution in [0.2, 0.25) is 0 Å². The highest BCUT2D eigenvalue weighted by Crippen LogP contribution is 2.36. The number of anilines is 1. The summed E-state index contributed by atoms with van der Waals surface area (Å²) >= 11 is 0. The normalized spacial score (nSPS) is 12.1. The van der Waals surface area contributed by atoms with Crippen molar-refractivity contribution in [3.05, 3.63) is 34.5 Å². The van der Waals surface area contributed by atoms with Crippen molar-refractivity contribution in [3.8, 4) is 0 Å². The lowest BCUT2D eigenvalue weighted by Crippen LogP contribution is -2.13. The highest BCUT2D eigenvalue weighted by molar-refractivity contribution is 5.95. The fraction of sp³-hybridized carbons (Fsp3) is 0.308. The predicted molar refractivity (Wildman–Crippen MR) is 65.4 cm³/mol. The minimum absolute atomic E-state index is 0.0121. The van der Waals surface area contributed by atoms with Crippen LogP contribution >= 0.6 is 0 Å². The Labute approximate surface area is 103 Å². The van der Waals surface area contributed by atoms with Crippen LogP contribution in [0.15, 0.2) is 12.1 Å². The Balaban J connectivity index is 2.93. The predicted octanol–water partition coefficient (Wildman–Crippen LogP) is 3.76. The van der Waals surface area contributed by atoms with Crippen LogP contribution in [0, 0.1) is 20.8 Å². The molecule has 1 heterocycles. The number of pyridine rings is 1. The van der Waals surface area contributed by atoms with Crippen LogP contribution in [0.4, 0.5) is 18.9 Å². The van der Waals surface area contributed by atoms with E-state index in [4.69, 9.17) is 5.73 Å². The number of halogens is 3. The van der Waals surface area contributed by atoms with Crippen molar-refractivity contribution in [1.29, 1.82) is 0 Å². The summed E-state index contributed by atoms with van der Waals surface area (Å²) in [4.78, 5) is 3.72. The summed E-state index contributed by atoms with van der Waals surface area (Å²) in [6, 6.07) is 3.50. The quantitative estimate of drug-likeness (QED) is 0.777. The van der Waals surface area contributed by atoms with Gasteiger partial charge in [-0.15, -0.1) is 0 Å². The summed E-state index contributed by atoms with van der Waals surface area (Å²) in [5, 5.41) is 0.603. The number of aromatic nitrogens is 1. The Morgan fingerprint density at radius 2 is 1.72 bits per heavy atom. The minimum atomic E-state index is -4.48. The SMILES string of the molecule is Cc1cc(C)c2c(N)c(C)c(C(F)(F)F)nc2c1. The maximum Gasteiger partial charge on any atom is 0.433 e. The van der Waals surface area contributed by atoms with Crippen molar-refractivity contribution in [1.82, 2.24) is 4.98 Å². The Morgan fingerprint density at radius 3 is 2.28 bits per heavy atom. The van der Waals surface area contributed by atoms with E-state index in [2.05, 4.69) is 4.98 Å². The van der Waals surface area contributed by atoms with E-state index in [1.165, 1.54) is 6.92 Å². The van der Waals surface area contributed by atoms with Gasteiger partial charge in [0.15, 0.2) is 0 Å². The topological polar surface area (TPSA) is 38.9 Å². The van der Waals surface area contributed by atoms with E-state index in [0.29, 0.717) is 10.9 Å². The molecule has 18 heavy (non-hydrogen) atoms. The molecule has 0 amide bonds. The molecule has 0 unspecified atom stereocenters. The summed E-state index contributed by atoms with van der Waals surface area (Å²) in [5.41, 5.74) is 7.07. The molecule has 0 bridgehead atoms. The van der Waals surface area contributed by atoms with Gasteiger partial charge in [-0.2, -0.15) is 13.2 Å². The van der Waals surface area contributed by atoms with E-state index in [1.807, 2.05) is 19.9 Å². The second-order valence-corrected chi connectivity index (χ2v) is 4.47. The fourth-order valence-corrected chi connectivity index (χ4v) is 2.18. The standard InChI is InChI=1S/C13H13F3N2/c1-6-4-7(2)10-9(5-6)18-12(13(14,15)16)8(3)11(10)17/h4-5H,1-3H3,(H2,17,18). The molecular weight excluding hydrogens is 241 g/mol. The molecule has 0 atom stereocenters. The lowest BCUT2D eigenvalue weighted by Gasteiger charge is -2.15. The number of benzene rings is 1. The van der Waals surface area contributed by atoms with Gasteiger partial charge in [-0.1, -0.05) is 6.07 Å². The Bertz CT molecular complexity index is 630. The van der Waals surface area contributed by atoms with Gasteiger partial charge in [0.25, 0.3) is 0 Å². The molecule has 0 aliphatic carbocycles. The summed E-state index contributed by atoms with van der Waals surface area (Å²) in [5.74, 6) is 0. The summed E-state index contributed by atoms with van der Waals surface area (Å²) < 4.78 is 38.5. The molecular formula is C13H13F3N2. The van der Waals surface area contributed by atoms with E-state index in [9.17, 15) is 13.2 Å². The van der Waals surface area contributed by atoms with Gasteiger partial charge < -0.3 is 5.73 Å². The molecule has 0 spiro atoms. The van der Waals surface area contributed by atoms with Gasteiger partial charge in [0.2, 0.25) is 0 Å². The third kappa shape index (κ3) is 1.89. The molecule has 2 N–H and O–H groups in total. The van der Waals surface area contributed by atoms with E-state index >= 15 is 0 Å². The maximum atomic E-state index is 12.8. The number of rotatable bonds is 0. The van der Waals surface area contributed by atoms with E-state index in [1.54, 1.807) is 6.07 Å². The van der Waals surface area contributed by atoms with Crippen molar-refractivity contribution >= 4 is 16.6 Å². The third-order valence-corrected chi connectivity index (χ3v) is 2.99. The van der Waals surface area contributed by atoms with Gasteiger partial charge in [0.05, 0.1) is 5.52 Å². The number of hydrogen-bond donors (Lipinski definition) is 1. The Kier molecular flexibility index (Phi) is 2.72. The number of nitrogen functional groups attached to an aromatic ring is 1. The number of fused-ring (bicyclic) bond motifs is 1. The maximum absolute atomic E-state index is 12.8. The van der Waals surface area contributed by atoms with E-state index in [-0.39, 0.29) is 11.3 Å². The van der Waals surface area contributed by atoms with Crippen LogP contribution in [-0.4, -0.2) is 4.98 Å². The van der Waals surface area contributed by atoms with Crippen LogP contribution < -0.4 is 5.73 Å². The molecule has 2 nitrogen and oxygen atoms in total. The van der Waals surface area contributed by atoms with Gasteiger partial charge in [0, 0.05) is 16.6 Å². The van der Waals surface area contributed by atoms with Crippen LogP contribution in [0.1, 0.15) is 22.4 Å². The van der Waals surface area contributed by atoms with E-state index < -0.39 is 11.9 Å². The molecule has 0 fully saturated rings. The van der Waals surface area contributed by atoms with Gasteiger partial charge in [-0.3, -0.25) is 0 Å². The summed E-state index contributed by atoms with van der Waals surface area (Å²) in [6.45, 7) is 4.99. The monoisotopic (exact) mass is 254 g/mol. The first-order valence-electron chi connectivity index (χ1n) is 5.46. The average molecular weight is 254 g/mol. The van der Waals surface area contributed by atoms with Crippen molar-refractivity contribution in [2.24, 2.45) is 0 Å². The third-order valence-electron chi connectivity index (χ3n) is 2.99. The summed E-state index contributed by atoms with van der Waals surface area (Å²) in [6.07, 6.45) is -4.48. The largest absolute Gasteiger partial charge is 0.433 e. The second-order valence-electron chi connectivity index (χ2n) is 4.47. The molecule has 0 aliphatic rings. The summed E-state index contributed by atoms with van der Waals surface area (Å²) in [7, 11) is 0. The lowest BCUT2D eigenvalue weighted by molar-refractivity contribution is -0.141. The zero-order chi connectivity index (χ0) is 13.7. The molecule has 5 heteroatoms. The first-order valence-corrected chi connectivity index (χ1v) is 5.46. The number of aryl methyl sites for hydroxylation is 2. The minimum Gasteiger partial charge on any atom is -0.398 e. The molecule has 0 saturated heterocycles. The average Bonchev–Trinajstić information content (AvgIpc) is 2.20. The second kappa shape index (κ2) is 3.86. The zero-order valence-electron chi connectivity index (χ0n) is 10.3. The first-order chi connectivity index (χ1) is 8.21. The Hall–Kier alpha value is -1.78. The molecule has 0 radical (unpaired) electrons. The first kappa shape index (κ1) is 12.7. The van der Waals surface area contributed by atoms with Crippen LogP contribution in [-0.2, 0) is 6.18 Å². The highest BCUT2D eigenvalue weighted by Gasteiger charge is 2.35. The number of nitrogens with two attached hydrogens (primary N) is 1. The lowest BCUT2D eigenvalue weighted by atomic mass is 10.0. The molecule has 1 aromatic carbocycles. The van der Waals surface area contributed by atoms with Gasteiger partial charge in [0.1, 0.15) is 5.69 Å². The molecule has 2 aromatic rings. The molecule has 0 saturated carbocycles. The van der Waals surface area contributed by atoms with Crippen LogP contribution in [0.25, 0.3) is 10.9 Å². The van der Waals surface area contributed by atoms with Crippen molar-refractivity contribution in [3.63, 3.8) is 0 Å². The van der Waals surface area contributed by atoms with Crippen LogP contribution in [0.3, 0.4) is 0 Å². The van der Waals surface area contributed by atoms with Crippen molar-refractivity contribution in [2.75, 3.05) is 5.73 Å². The fourth-order valence-electron chi connectivity index (χ4n) is 2.18. The van der Waals surface area contributed by atoms with Crippen LogP contribution in [0.5, 0.6) is 0 Å². The van der Waals surface area contributed by atoms with Gasteiger partial charge in [-0.25, -0.2) is 4.98 Å². The van der Waals surface area contributed by atoms with Gasteiger partial charge in [-0.05, 0) is 38.0 Å². The molecule has 0 aliphatic heterocycles. The number of nitrogens with zero attached hydrogens (tertiary/aromatic N) is 1.